The predicted octanol–water partition coefficient (Wildman–Crippen LogP) is 2.81. The fourth-order valence-corrected chi connectivity index (χ4v) is 2.44. The second-order valence-corrected chi connectivity index (χ2v) is 4.82. The van der Waals surface area contributed by atoms with Crippen molar-refractivity contribution in [2.75, 3.05) is 13.1 Å². The Hall–Kier alpha value is -1.32. The van der Waals surface area contributed by atoms with Crippen molar-refractivity contribution in [2.45, 2.75) is 12.3 Å². The fraction of sp³-hybridized carbons (Fsp3) is 0.308. The zero-order valence-electron chi connectivity index (χ0n) is 9.41. The highest BCUT2D eigenvalue weighted by Gasteiger charge is 2.18. The second-order valence-electron chi connectivity index (χ2n) is 4.39. The van der Waals surface area contributed by atoms with Gasteiger partial charge in [-0.1, -0.05) is 23.7 Å². The van der Waals surface area contributed by atoms with E-state index in [4.69, 9.17) is 11.6 Å². The molecule has 0 amide bonds. The molecule has 1 saturated heterocycles. The smallest absolute Gasteiger partial charge is 0.137 e. The van der Waals surface area contributed by atoms with Crippen LogP contribution in [0.4, 0.5) is 0 Å². The van der Waals surface area contributed by atoms with Gasteiger partial charge < -0.3 is 10.3 Å². The summed E-state index contributed by atoms with van der Waals surface area (Å²) in [7, 11) is 0. The lowest BCUT2D eigenvalue weighted by Crippen LogP contribution is -2.08. The van der Waals surface area contributed by atoms with Gasteiger partial charge in [-0.05, 0) is 25.1 Å². The molecule has 1 atom stereocenters. The summed E-state index contributed by atoms with van der Waals surface area (Å²) >= 11 is 5.98. The predicted molar refractivity (Wildman–Crippen MR) is 69.3 cm³/mol. The van der Waals surface area contributed by atoms with Crippen molar-refractivity contribution >= 4 is 11.6 Å². The molecular weight excluding hydrogens is 234 g/mol. The molecule has 2 heterocycles. The van der Waals surface area contributed by atoms with Gasteiger partial charge >= 0.3 is 0 Å². The quantitative estimate of drug-likeness (QED) is 0.857. The Morgan fingerprint density at radius 3 is 3.06 bits per heavy atom. The molecule has 3 rings (SSSR count). The first-order valence-corrected chi connectivity index (χ1v) is 6.22. The van der Waals surface area contributed by atoms with Crippen LogP contribution in [-0.4, -0.2) is 23.1 Å². The van der Waals surface area contributed by atoms with Crippen LogP contribution in [0.15, 0.2) is 30.5 Å². The Bertz CT molecular complexity index is 515. The van der Waals surface area contributed by atoms with Gasteiger partial charge in [0.05, 0.1) is 0 Å². The van der Waals surface area contributed by atoms with E-state index in [1.165, 1.54) is 12.1 Å². The summed E-state index contributed by atoms with van der Waals surface area (Å²) in [5.41, 5.74) is 2.25. The summed E-state index contributed by atoms with van der Waals surface area (Å²) < 4.78 is 0. The fourth-order valence-electron chi connectivity index (χ4n) is 2.25. The first-order valence-electron chi connectivity index (χ1n) is 5.84. The Labute approximate surface area is 105 Å². The molecule has 0 bridgehead atoms. The summed E-state index contributed by atoms with van der Waals surface area (Å²) in [5.74, 6) is 1.46. The average molecular weight is 248 g/mol. The normalized spacial score (nSPS) is 19.7. The van der Waals surface area contributed by atoms with Gasteiger partial charge in [-0.2, -0.15) is 0 Å². The largest absolute Gasteiger partial charge is 0.342 e. The van der Waals surface area contributed by atoms with E-state index in [1.54, 1.807) is 0 Å². The van der Waals surface area contributed by atoms with Crippen LogP contribution in [0.3, 0.4) is 0 Å². The molecule has 0 aliphatic carbocycles. The molecule has 1 aromatic heterocycles. The van der Waals surface area contributed by atoms with Crippen molar-refractivity contribution in [3.8, 4) is 11.4 Å². The number of imidazole rings is 1. The third-order valence-corrected chi connectivity index (χ3v) is 3.43. The van der Waals surface area contributed by atoms with Crippen molar-refractivity contribution < 1.29 is 0 Å². The molecule has 2 aromatic rings. The maximum Gasteiger partial charge on any atom is 0.137 e. The van der Waals surface area contributed by atoms with Gasteiger partial charge in [-0.15, -0.1) is 0 Å². The summed E-state index contributed by atoms with van der Waals surface area (Å²) in [6.45, 7) is 2.13. The second kappa shape index (κ2) is 4.51. The number of aromatic amines is 1. The number of H-pyrrole nitrogens is 1. The average Bonchev–Trinajstić information content (AvgIpc) is 3.00. The molecule has 17 heavy (non-hydrogen) atoms. The third kappa shape index (κ3) is 2.21. The number of hydrogen-bond acceptors (Lipinski definition) is 2. The van der Waals surface area contributed by atoms with E-state index in [9.17, 15) is 0 Å². The van der Waals surface area contributed by atoms with Crippen LogP contribution < -0.4 is 5.32 Å². The Kier molecular flexibility index (Phi) is 2.87. The lowest BCUT2D eigenvalue weighted by molar-refractivity contribution is 0.741. The van der Waals surface area contributed by atoms with E-state index in [0.717, 1.165) is 29.5 Å². The van der Waals surface area contributed by atoms with Crippen molar-refractivity contribution in [3.05, 3.63) is 41.2 Å². The number of nitrogens with one attached hydrogen (secondary N) is 2. The first-order chi connectivity index (χ1) is 8.33. The van der Waals surface area contributed by atoms with Gasteiger partial charge in [0.2, 0.25) is 0 Å². The Balaban J connectivity index is 1.89. The van der Waals surface area contributed by atoms with Crippen LogP contribution >= 0.6 is 11.6 Å². The van der Waals surface area contributed by atoms with Crippen molar-refractivity contribution in [1.82, 2.24) is 15.3 Å². The summed E-state index contributed by atoms with van der Waals surface area (Å²) in [5, 5.41) is 4.10. The zero-order chi connectivity index (χ0) is 11.7. The van der Waals surface area contributed by atoms with E-state index >= 15 is 0 Å². The molecule has 4 heteroatoms. The number of aromatic nitrogens is 2. The topological polar surface area (TPSA) is 40.7 Å². The number of nitrogens with zero attached hydrogens (tertiary/aromatic N) is 1. The van der Waals surface area contributed by atoms with Crippen LogP contribution in [-0.2, 0) is 0 Å². The number of halogens is 1. The highest BCUT2D eigenvalue weighted by molar-refractivity contribution is 6.30. The molecule has 1 aliphatic rings. The van der Waals surface area contributed by atoms with Gasteiger partial charge in [-0.25, -0.2) is 4.98 Å². The Morgan fingerprint density at radius 2 is 2.29 bits per heavy atom. The summed E-state index contributed by atoms with van der Waals surface area (Å²) in [6, 6.07) is 7.76. The molecule has 0 radical (unpaired) electrons. The minimum absolute atomic E-state index is 0.565. The molecule has 0 spiro atoms. The van der Waals surface area contributed by atoms with Gasteiger partial charge in [0.15, 0.2) is 0 Å². The molecule has 1 aromatic carbocycles. The van der Waals surface area contributed by atoms with E-state index in [0.29, 0.717) is 5.92 Å². The highest BCUT2D eigenvalue weighted by atomic mass is 35.5. The highest BCUT2D eigenvalue weighted by Crippen LogP contribution is 2.25. The van der Waals surface area contributed by atoms with Crippen LogP contribution in [0.25, 0.3) is 11.4 Å². The van der Waals surface area contributed by atoms with Crippen molar-refractivity contribution in [1.29, 1.82) is 0 Å². The standard InChI is InChI=1S/C13H14ClN3/c14-11-3-1-2-9(6-11)13-16-8-12(17-13)10-4-5-15-7-10/h1-3,6,8,10,15H,4-5,7H2,(H,16,17). The van der Waals surface area contributed by atoms with E-state index in [1.807, 2.05) is 30.5 Å². The molecule has 0 saturated carbocycles. The van der Waals surface area contributed by atoms with Gasteiger partial charge in [0, 0.05) is 34.9 Å². The monoisotopic (exact) mass is 247 g/mol. The summed E-state index contributed by atoms with van der Waals surface area (Å²) in [6.07, 6.45) is 3.12. The lowest BCUT2D eigenvalue weighted by Gasteiger charge is -2.03. The number of benzene rings is 1. The molecule has 2 N–H and O–H groups in total. The van der Waals surface area contributed by atoms with E-state index < -0.39 is 0 Å². The molecular formula is C13H14ClN3. The van der Waals surface area contributed by atoms with E-state index in [2.05, 4.69) is 15.3 Å². The van der Waals surface area contributed by atoms with Crippen LogP contribution in [0.2, 0.25) is 5.02 Å². The van der Waals surface area contributed by atoms with Crippen molar-refractivity contribution in [3.63, 3.8) is 0 Å². The number of rotatable bonds is 2. The van der Waals surface area contributed by atoms with Gasteiger partial charge in [-0.3, -0.25) is 0 Å². The first kappa shape index (κ1) is 10.8. The molecule has 1 fully saturated rings. The minimum atomic E-state index is 0.565. The SMILES string of the molecule is Clc1cccc(-c2ncc(C3CCNC3)[nH]2)c1. The van der Waals surface area contributed by atoms with Crippen LogP contribution in [0.5, 0.6) is 0 Å². The van der Waals surface area contributed by atoms with Crippen molar-refractivity contribution in [2.24, 2.45) is 0 Å². The maximum atomic E-state index is 5.98. The molecule has 1 unspecified atom stereocenters. The van der Waals surface area contributed by atoms with Gasteiger partial charge in [0.25, 0.3) is 0 Å². The lowest BCUT2D eigenvalue weighted by atomic mass is 10.1. The van der Waals surface area contributed by atoms with Crippen LogP contribution in [0, 0.1) is 0 Å². The Morgan fingerprint density at radius 1 is 1.35 bits per heavy atom. The molecule has 3 nitrogen and oxygen atoms in total. The van der Waals surface area contributed by atoms with Gasteiger partial charge in [0.1, 0.15) is 5.82 Å². The van der Waals surface area contributed by atoms with E-state index in [-0.39, 0.29) is 0 Å². The minimum Gasteiger partial charge on any atom is -0.342 e. The zero-order valence-corrected chi connectivity index (χ0v) is 10.2. The molecule has 1 aliphatic heterocycles. The van der Waals surface area contributed by atoms with Crippen LogP contribution in [0.1, 0.15) is 18.0 Å². The maximum absolute atomic E-state index is 5.98. The third-order valence-electron chi connectivity index (χ3n) is 3.19. The summed E-state index contributed by atoms with van der Waals surface area (Å²) in [4.78, 5) is 7.82. The number of hydrogen-bond donors (Lipinski definition) is 2. The molecule has 88 valence electrons.